The number of esters is 1. The summed E-state index contributed by atoms with van der Waals surface area (Å²) in [7, 11) is 1.34. The number of methoxy groups -OCH3 is 1. The second kappa shape index (κ2) is 8.28. The molecule has 1 saturated heterocycles. The van der Waals surface area contributed by atoms with E-state index in [1.54, 1.807) is 23.1 Å². The SMILES string of the molecule is COC(=O)c1cccc(N2C(=O)CC3CC2(C)Oc2c(OCc4ccccc4)cccc23)c1. The van der Waals surface area contributed by atoms with Crippen molar-refractivity contribution in [1.29, 1.82) is 0 Å². The summed E-state index contributed by atoms with van der Waals surface area (Å²) in [6.07, 6.45) is 1.01. The maximum Gasteiger partial charge on any atom is 0.337 e. The Labute approximate surface area is 192 Å². The number of anilines is 1. The lowest BCUT2D eigenvalue weighted by Crippen LogP contribution is -2.60. The normalized spacial score (nSPS) is 21.1. The summed E-state index contributed by atoms with van der Waals surface area (Å²) >= 11 is 0. The second-order valence-electron chi connectivity index (χ2n) is 8.60. The van der Waals surface area contributed by atoms with Crippen molar-refractivity contribution in [3.63, 3.8) is 0 Å². The van der Waals surface area contributed by atoms with Gasteiger partial charge in [-0.2, -0.15) is 0 Å². The van der Waals surface area contributed by atoms with Gasteiger partial charge in [0.2, 0.25) is 5.91 Å². The zero-order chi connectivity index (χ0) is 23.0. The molecule has 2 unspecified atom stereocenters. The lowest BCUT2D eigenvalue weighted by Gasteiger charge is -2.50. The maximum absolute atomic E-state index is 13.3. The van der Waals surface area contributed by atoms with Crippen molar-refractivity contribution in [2.24, 2.45) is 0 Å². The summed E-state index contributed by atoms with van der Waals surface area (Å²) in [5.74, 6) is 0.873. The van der Waals surface area contributed by atoms with Gasteiger partial charge in [-0.15, -0.1) is 0 Å². The molecule has 1 amide bonds. The Balaban J connectivity index is 1.49. The number of piperidine rings is 1. The van der Waals surface area contributed by atoms with Crippen molar-refractivity contribution in [3.8, 4) is 11.5 Å². The molecule has 0 radical (unpaired) electrons. The van der Waals surface area contributed by atoms with Crippen LogP contribution in [0.2, 0.25) is 0 Å². The van der Waals surface area contributed by atoms with Crippen LogP contribution in [0.15, 0.2) is 72.8 Å². The van der Waals surface area contributed by atoms with Gasteiger partial charge in [-0.3, -0.25) is 9.69 Å². The number of ether oxygens (including phenoxy) is 3. The van der Waals surface area contributed by atoms with Crippen LogP contribution >= 0.6 is 0 Å². The Bertz CT molecular complexity index is 1210. The molecule has 33 heavy (non-hydrogen) atoms. The predicted octanol–water partition coefficient (Wildman–Crippen LogP) is 5.07. The summed E-state index contributed by atoms with van der Waals surface area (Å²) < 4.78 is 17.5. The first-order valence-corrected chi connectivity index (χ1v) is 11.0. The third-order valence-electron chi connectivity index (χ3n) is 6.30. The molecule has 2 aliphatic heterocycles. The molecule has 1 fully saturated rings. The molecule has 0 saturated carbocycles. The van der Waals surface area contributed by atoms with Crippen LogP contribution in [0.4, 0.5) is 5.69 Å². The molecule has 5 rings (SSSR count). The molecular formula is C27H25NO5. The molecule has 0 aromatic heterocycles. The van der Waals surface area contributed by atoms with Crippen molar-refractivity contribution in [2.75, 3.05) is 12.0 Å². The molecule has 6 heteroatoms. The zero-order valence-corrected chi connectivity index (χ0v) is 18.6. The molecule has 2 heterocycles. The van der Waals surface area contributed by atoms with Gasteiger partial charge in [0, 0.05) is 30.0 Å². The fourth-order valence-electron chi connectivity index (χ4n) is 4.83. The quantitative estimate of drug-likeness (QED) is 0.515. The molecule has 2 atom stereocenters. The molecule has 3 aromatic rings. The van der Waals surface area contributed by atoms with E-state index in [1.165, 1.54) is 7.11 Å². The molecule has 0 aliphatic carbocycles. The first-order chi connectivity index (χ1) is 16.0. The first kappa shape index (κ1) is 21.1. The topological polar surface area (TPSA) is 65.1 Å². The number of amides is 1. The van der Waals surface area contributed by atoms with Crippen LogP contribution in [0.1, 0.15) is 47.2 Å². The Morgan fingerprint density at radius 1 is 1.09 bits per heavy atom. The third kappa shape index (κ3) is 3.82. The van der Waals surface area contributed by atoms with E-state index in [0.29, 0.717) is 42.2 Å². The maximum atomic E-state index is 13.3. The van der Waals surface area contributed by atoms with Crippen molar-refractivity contribution < 1.29 is 23.8 Å². The van der Waals surface area contributed by atoms with Gasteiger partial charge in [0.1, 0.15) is 6.61 Å². The van der Waals surface area contributed by atoms with Crippen molar-refractivity contribution in [3.05, 3.63) is 89.5 Å². The smallest absolute Gasteiger partial charge is 0.337 e. The largest absolute Gasteiger partial charge is 0.485 e. The average molecular weight is 443 g/mol. The van der Waals surface area contributed by atoms with Crippen LogP contribution in [-0.4, -0.2) is 24.7 Å². The van der Waals surface area contributed by atoms with E-state index in [-0.39, 0.29) is 11.8 Å². The first-order valence-electron chi connectivity index (χ1n) is 11.0. The van der Waals surface area contributed by atoms with Gasteiger partial charge < -0.3 is 14.2 Å². The number of benzene rings is 3. The fraction of sp³-hybridized carbons (Fsp3) is 0.259. The van der Waals surface area contributed by atoms with Crippen LogP contribution in [0.5, 0.6) is 11.5 Å². The Hall–Kier alpha value is -3.80. The van der Waals surface area contributed by atoms with E-state index < -0.39 is 11.7 Å². The van der Waals surface area contributed by atoms with E-state index >= 15 is 0 Å². The number of nitrogens with zero attached hydrogens (tertiary/aromatic N) is 1. The minimum Gasteiger partial charge on any atom is -0.485 e. The van der Waals surface area contributed by atoms with E-state index in [0.717, 1.165) is 11.1 Å². The highest BCUT2D eigenvalue weighted by molar-refractivity contribution is 5.98. The number of carbonyl (C=O) groups excluding carboxylic acids is 2. The third-order valence-corrected chi connectivity index (χ3v) is 6.30. The average Bonchev–Trinajstić information content (AvgIpc) is 2.82. The number of para-hydroxylation sites is 1. The number of rotatable bonds is 5. The van der Waals surface area contributed by atoms with Crippen LogP contribution in [0.25, 0.3) is 0 Å². The van der Waals surface area contributed by atoms with Gasteiger partial charge in [-0.25, -0.2) is 4.79 Å². The fourth-order valence-corrected chi connectivity index (χ4v) is 4.83. The zero-order valence-electron chi connectivity index (χ0n) is 18.6. The highest BCUT2D eigenvalue weighted by Crippen LogP contribution is 2.52. The molecule has 2 bridgehead atoms. The van der Waals surface area contributed by atoms with Crippen LogP contribution < -0.4 is 14.4 Å². The summed E-state index contributed by atoms with van der Waals surface area (Å²) in [4.78, 5) is 27.0. The Morgan fingerprint density at radius 2 is 1.88 bits per heavy atom. The van der Waals surface area contributed by atoms with Gasteiger partial charge in [0.15, 0.2) is 17.2 Å². The number of hydrogen-bond acceptors (Lipinski definition) is 5. The monoisotopic (exact) mass is 443 g/mol. The minimum atomic E-state index is -0.909. The number of carbonyl (C=O) groups is 2. The molecule has 168 valence electrons. The minimum absolute atomic E-state index is 0.0339. The Morgan fingerprint density at radius 3 is 2.67 bits per heavy atom. The van der Waals surface area contributed by atoms with Crippen LogP contribution in [-0.2, 0) is 16.1 Å². The van der Waals surface area contributed by atoms with Crippen LogP contribution in [0.3, 0.4) is 0 Å². The van der Waals surface area contributed by atoms with E-state index in [4.69, 9.17) is 14.2 Å². The Kier molecular flexibility index (Phi) is 5.29. The lowest BCUT2D eigenvalue weighted by molar-refractivity contribution is -0.127. The molecule has 2 aliphatic rings. The van der Waals surface area contributed by atoms with Gasteiger partial charge in [-0.05, 0) is 36.8 Å². The van der Waals surface area contributed by atoms with E-state index in [1.807, 2.05) is 61.5 Å². The van der Waals surface area contributed by atoms with Gasteiger partial charge in [0.25, 0.3) is 0 Å². The van der Waals surface area contributed by atoms with Gasteiger partial charge >= 0.3 is 5.97 Å². The molecule has 0 spiro atoms. The van der Waals surface area contributed by atoms with Crippen LogP contribution in [0, 0.1) is 0 Å². The summed E-state index contributed by atoms with van der Waals surface area (Å²) in [5.41, 5.74) is 2.14. The van der Waals surface area contributed by atoms with E-state index in [9.17, 15) is 9.59 Å². The molecular weight excluding hydrogens is 418 g/mol. The van der Waals surface area contributed by atoms with Crippen molar-refractivity contribution in [2.45, 2.75) is 38.0 Å². The standard InChI is InChI=1S/C27H25NO5/c1-27-16-20(15-24(29)28(27)21-11-6-10-19(14-21)26(30)31-2)22-12-7-13-23(25(22)33-27)32-17-18-8-4-3-5-9-18/h3-14,20H,15-17H2,1-2H3. The number of hydrogen-bond donors (Lipinski definition) is 0. The molecule has 6 nitrogen and oxygen atoms in total. The van der Waals surface area contributed by atoms with Crippen molar-refractivity contribution >= 4 is 17.6 Å². The molecule has 0 N–H and O–H groups in total. The van der Waals surface area contributed by atoms with Gasteiger partial charge in [0.05, 0.1) is 12.7 Å². The van der Waals surface area contributed by atoms with Gasteiger partial charge in [-0.1, -0.05) is 48.5 Å². The highest BCUT2D eigenvalue weighted by atomic mass is 16.5. The second-order valence-corrected chi connectivity index (χ2v) is 8.60. The lowest BCUT2D eigenvalue weighted by atomic mass is 9.80. The van der Waals surface area contributed by atoms with E-state index in [2.05, 4.69) is 0 Å². The highest BCUT2D eigenvalue weighted by Gasteiger charge is 2.50. The summed E-state index contributed by atoms with van der Waals surface area (Å²) in [5, 5.41) is 0. The molecule has 3 aromatic carbocycles. The predicted molar refractivity (Wildman–Crippen MR) is 123 cm³/mol. The summed E-state index contributed by atoms with van der Waals surface area (Å²) in [6.45, 7) is 2.34. The van der Waals surface area contributed by atoms with Crippen molar-refractivity contribution in [1.82, 2.24) is 0 Å². The summed E-state index contributed by atoms with van der Waals surface area (Å²) in [6, 6.07) is 22.7. The number of fused-ring (bicyclic) bond motifs is 4.